The molecule has 2 unspecified atom stereocenters. The number of carbonyl (C=O) groups is 1. The van der Waals surface area contributed by atoms with E-state index in [2.05, 4.69) is 0 Å². The number of hydrogen-bond donors (Lipinski definition) is 1. The summed E-state index contributed by atoms with van der Waals surface area (Å²) in [7, 11) is 1.82. The molecular weight excluding hydrogens is 246 g/mol. The first kappa shape index (κ1) is 13.6. The van der Waals surface area contributed by atoms with E-state index in [4.69, 9.17) is 11.6 Å². The third-order valence-electron chi connectivity index (χ3n) is 2.41. The molecule has 1 aromatic heterocycles. The summed E-state index contributed by atoms with van der Waals surface area (Å²) in [5, 5.41) is 9.26. The topological polar surface area (TPSA) is 40.5 Å². The number of carbonyl (C=O) groups excluding carboxylic acids is 1. The first-order valence-electron chi connectivity index (χ1n) is 5.09. The van der Waals surface area contributed by atoms with Crippen molar-refractivity contribution in [3.8, 4) is 0 Å². The van der Waals surface area contributed by atoms with Crippen molar-refractivity contribution in [2.45, 2.75) is 26.0 Å². The highest BCUT2D eigenvalue weighted by molar-refractivity contribution is 7.18. The second-order valence-corrected chi connectivity index (χ2v) is 5.65. The van der Waals surface area contributed by atoms with Gasteiger partial charge in [-0.15, -0.1) is 11.3 Å². The molecule has 0 aliphatic carbocycles. The molecule has 0 spiro atoms. The predicted molar refractivity (Wildman–Crippen MR) is 67.4 cm³/mol. The highest BCUT2D eigenvalue weighted by Gasteiger charge is 2.21. The van der Waals surface area contributed by atoms with Crippen molar-refractivity contribution >= 4 is 28.7 Å². The van der Waals surface area contributed by atoms with Gasteiger partial charge in [-0.2, -0.15) is 0 Å². The molecule has 0 aliphatic rings. The smallest absolute Gasteiger partial charge is 0.189 e. The minimum Gasteiger partial charge on any atom is -0.392 e. The molecule has 0 fully saturated rings. The Morgan fingerprint density at radius 1 is 1.56 bits per heavy atom. The lowest BCUT2D eigenvalue weighted by atomic mass is 10.1. The molecule has 0 amide bonds. The van der Waals surface area contributed by atoms with E-state index in [9.17, 15) is 9.90 Å². The zero-order valence-corrected chi connectivity index (χ0v) is 11.2. The van der Waals surface area contributed by atoms with Gasteiger partial charge in [-0.3, -0.25) is 9.69 Å². The van der Waals surface area contributed by atoms with E-state index in [0.717, 1.165) is 0 Å². The van der Waals surface area contributed by atoms with Crippen LogP contribution in [-0.2, 0) is 0 Å². The van der Waals surface area contributed by atoms with Gasteiger partial charge in [-0.25, -0.2) is 0 Å². The molecule has 3 nitrogen and oxygen atoms in total. The maximum Gasteiger partial charge on any atom is 0.189 e. The molecule has 1 N–H and O–H groups in total. The lowest BCUT2D eigenvalue weighted by Crippen LogP contribution is -2.39. The molecule has 0 saturated heterocycles. The lowest BCUT2D eigenvalue weighted by molar-refractivity contribution is 0.0792. The van der Waals surface area contributed by atoms with E-state index in [0.29, 0.717) is 15.8 Å². The van der Waals surface area contributed by atoms with Crippen LogP contribution in [-0.4, -0.2) is 41.5 Å². The summed E-state index contributed by atoms with van der Waals surface area (Å²) in [4.78, 5) is 14.5. The van der Waals surface area contributed by atoms with E-state index in [-0.39, 0.29) is 11.8 Å². The first-order chi connectivity index (χ1) is 7.41. The summed E-state index contributed by atoms with van der Waals surface area (Å²) < 4.78 is 0.619. The summed E-state index contributed by atoms with van der Waals surface area (Å²) in [5.74, 6) is 0.0417. The van der Waals surface area contributed by atoms with Crippen LogP contribution in [0.25, 0.3) is 0 Å². The van der Waals surface area contributed by atoms with Gasteiger partial charge in [0.15, 0.2) is 5.78 Å². The summed E-state index contributed by atoms with van der Waals surface area (Å²) in [6.07, 6.45) is -0.438. The lowest BCUT2D eigenvalue weighted by Gasteiger charge is -2.24. The fourth-order valence-corrected chi connectivity index (χ4v) is 2.49. The van der Waals surface area contributed by atoms with Crippen molar-refractivity contribution in [2.75, 3.05) is 13.6 Å². The van der Waals surface area contributed by atoms with E-state index in [1.807, 2.05) is 18.9 Å². The van der Waals surface area contributed by atoms with Gasteiger partial charge in [0.2, 0.25) is 0 Å². The Bertz CT molecular complexity index is 365. The number of ketones is 1. The van der Waals surface area contributed by atoms with Gasteiger partial charge in [-0.1, -0.05) is 11.6 Å². The summed E-state index contributed by atoms with van der Waals surface area (Å²) >= 11 is 7.07. The third kappa shape index (κ3) is 3.56. The van der Waals surface area contributed by atoms with Crippen LogP contribution in [0.5, 0.6) is 0 Å². The standard InChI is InChI=1S/C11H16ClNO2S/c1-7(14)6-13(3)8(2)11(15)9-4-5-10(12)16-9/h4-5,7-8,14H,6H2,1-3H3. The van der Waals surface area contributed by atoms with Crippen LogP contribution in [0.3, 0.4) is 0 Å². The van der Waals surface area contributed by atoms with E-state index < -0.39 is 6.10 Å². The molecule has 1 heterocycles. The van der Waals surface area contributed by atoms with Gasteiger partial charge in [-0.05, 0) is 33.0 Å². The molecule has 1 aromatic rings. The van der Waals surface area contributed by atoms with Gasteiger partial charge in [0.1, 0.15) is 0 Å². The second kappa shape index (κ2) is 5.77. The van der Waals surface area contributed by atoms with E-state index in [1.54, 1.807) is 19.1 Å². The van der Waals surface area contributed by atoms with Gasteiger partial charge in [0.05, 0.1) is 21.4 Å². The monoisotopic (exact) mass is 261 g/mol. The van der Waals surface area contributed by atoms with Gasteiger partial charge in [0.25, 0.3) is 0 Å². The van der Waals surface area contributed by atoms with Gasteiger partial charge < -0.3 is 5.11 Å². The molecular formula is C11H16ClNO2S. The van der Waals surface area contributed by atoms with Gasteiger partial charge >= 0.3 is 0 Å². The minimum atomic E-state index is -0.438. The Kier molecular flexibility index (Phi) is 4.92. The zero-order chi connectivity index (χ0) is 12.3. The predicted octanol–water partition coefficient (Wildman–Crippen LogP) is 2.29. The Hall–Kier alpha value is -0.420. The normalized spacial score (nSPS) is 15.1. The Morgan fingerprint density at radius 3 is 2.62 bits per heavy atom. The van der Waals surface area contributed by atoms with Crippen LogP contribution < -0.4 is 0 Å². The van der Waals surface area contributed by atoms with Crippen molar-refractivity contribution in [1.29, 1.82) is 0 Å². The third-order valence-corrected chi connectivity index (χ3v) is 3.65. The molecule has 2 atom stereocenters. The van der Waals surface area contributed by atoms with Crippen LogP contribution in [0.1, 0.15) is 23.5 Å². The van der Waals surface area contributed by atoms with Crippen LogP contribution in [0.15, 0.2) is 12.1 Å². The number of thiophene rings is 1. The Balaban J connectivity index is 2.67. The molecule has 0 saturated carbocycles. The quantitative estimate of drug-likeness (QED) is 0.827. The number of rotatable bonds is 5. The largest absolute Gasteiger partial charge is 0.392 e. The first-order valence-corrected chi connectivity index (χ1v) is 6.29. The number of nitrogens with zero attached hydrogens (tertiary/aromatic N) is 1. The van der Waals surface area contributed by atoms with Crippen molar-refractivity contribution < 1.29 is 9.90 Å². The fraction of sp³-hybridized carbons (Fsp3) is 0.545. The molecule has 16 heavy (non-hydrogen) atoms. The SMILES string of the molecule is CC(O)CN(C)C(C)C(=O)c1ccc(Cl)s1. The van der Waals surface area contributed by atoms with E-state index >= 15 is 0 Å². The van der Waals surface area contributed by atoms with Crippen molar-refractivity contribution in [1.82, 2.24) is 4.90 Å². The number of Topliss-reactive ketones (excluding diaryl/α,β-unsaturated/α-hetero) is 1. The maximum atomic E-state index is 12.0. The molecule has 5 heteroatoms. The molecule has 90 valence electrons. The Morgan fingerprint density at radius 2 is 2.19 bits per heavy atom. The summed E-state index contributed by atoms with van der Waals surface area (Å²) in [6, 6.07) is 3.22. The van der Waals surface area contributed by atoms with Crippen LogP contribution in [0.2, 0.25) is 4.34 Å². The number of hydrogen-bond acceptors (Lipinski definition) is 4. The number of halogens is 1. The highest BCUT2D eigenvalue weighted by atomic mass is 35.5. The number of aliphatic hydroxyl groups is 1. The number of aliphatic hydroxyl groups excluding tert-OH is 1. The van der Waals surface area contributed by atoms with Crippen LogP contribution >= 0.6 is 22.9 Å². The average Bonchev–Trinajstić information content (AvgIpc) is 2.61. The van der Waals surface area contributed by atoms with Crippen molar-refractivity contribution in [3.63, 3.8) is 0 Å². The molecule has 0 radical (unpaired) electrons. The zero-order valence-electron chi connectivity index (χ0n) is 9.61. The number of likely N-dealkylation sites (N-methyl/N-ethyl adjacent to an activating group) is 1. The Labute approximate surface area is 105 Å². The van der Waals surface area contributed by atoms with Gasteiger partial charge in [0, 0.05) is 6.54 Å². The van der Waals surface area contributed by atoms with Crippen molar-refractivity contribution in [3.05, 3.63) is 21.3 Å². The molecule has 0 bridgehead atoms. The molecule has 0 aliphatic heterocycles. The van der Waals surface area contributed by atoms with Crippen LogP contribution in [0.4, 0.5) is 0 Å². The van der Waals surface area contributed by atoms with Crippen molar-refractivity contribution in [2.24, 2.45) is 0 Å². The minimum absolute atomic E-state index is 0.0417. The molecule has 1 rings (SSSR count). The van der Waals surface area contributed by atoms with Crippen LogP contribution in [0, 0.1) is 0 Å². The summed E-state index contributed by atoms with van der Waals surface area (Å²) in [5.41, 5.74) is 0. The highest BCUT2D eigenvalue weighted by Crippen LogP contribution is 2.23. The average molecular weight is 262 g/mol. The second-order valence-electron chi connectivity index (χ2n) is 3.93. The van der Waals surface area contributed by atoms with E-state index in [1.165, 1.54) is 11.3 Å². The maximum absolute atomic E-state index is 12.0. The summed E-state index contributed by atoms with van der Waals surface area (Å²) in [6.45, 7) is 4.01. The molecule has 0 aromatic carbocycles. The fourth-order valence-electron chi connectivity index (χ4n) is 1.43.